The average molecular weight is 935 g/mol. The van der Waals surface area contributed by atoms with Gasteiger partial charge in [0, 0.05) is 12.8 Å². The zero-order valence-corrected chi connectivity index (χ0v) is 41.2. The number of hydrogen-bond donors (Lipinski definition) is 6. The lowest BCUT2D eigenvalue weighted by molar-refractivity contribution is -0.220. The van der Waals surface area contributed by atoms with Crippen LogP contribution in [-0.2, 0) is 32.7 Å². The van der Waals surface area contributed by atoms with Gasteiger partial charge in [0.1, 0.15) is 43.2 Å². The number of aliphatic hydroxyl groups is 5. The molecule has 0 aromatic heterocycles. The van der Waals surface area contributed by atoms with E-state index in [4.69, 9.17) is 18.5 Å². The van der Waals surface area contributed by atoms with Crippen LogP contribution in [0.25, 0.3) is 0 Å². The number of carbonyl (C=O) groups is 2. The van der Waals surface area contributed by atoms with Crippen molar-refractivity contribution in [3.63, 3.8) is 0 Å². The van der Waals surface area contributed by atoms with Crippen molar-refractivity contribution < 1.29 is 63.1 Å². The highest BCUT2D eigenvalue weighted by atomic mass is 31.2. The molecule has 0 saturated heterocycles. The maximum atomic E-state index is 12.8. The quantitative estimate of drug-likeness (QED) is 0.0146. The van der Waals surface area contributed by atoms with Crippen molar-refractivity contribution in [2.75, 3.05) is 13.2 Å². The van der Waals surface area contributed by atoms with Crippen LogP contribution in [0.2, 0.25) is 0 Å². The normalized spacial score (nSPS) is 21.6. The lowest BCUT2D eigenvalue weighted by Gasteiger charge is -2.41. The summed E-state index contributed by atoms with van der Waals surface area (Å²) in [6.45, 7) is 3.30. The number of carbonyl (C=O) groups excluding carboxylic acids is 2. The molecule has 6 N–H and O–H groups in total. The van der Waals surface area contributed by atoms with Crippen LogP contribution in [0.5, 0.6) is 0 Å². The van der Waals surface area contributed by atoms with E-state index in [1.165, 1.54) is 141 Å². The van der Waals surface area contributed by atoms with E-state index in [1.54, 1.807) is 0 Å². The Morgan fingerprint density at radius 2 is 0.797 bits per heavy atom. The molecule has 1 saturated carbocycles. The number of esters is 2. The fourth-order valence-electron chi connectivity index (χ4n) is 8.17. The molecule has 13 nitrogen and oxygen atoms in total. The summed E-state index contributed by atoms with van der Waals surface area (Å²) in [6, 6.07) is 0. The van der Waals surface area contributed by atoms with Crippen molar-refractivity contribution in [1.82, 2.24) is 0 Å². The van der Waals surface area contributed by atoms with Gasteiger partial charge in [-0.2, -0.15) is 0 Å². The van der Waals surface area contributed by atoms with Gasteiger partial charge in [0.05, 0.1) is 6.61 Å². The molecular weight excluding hydrogens is 840 g/mol. The Balaban J connectivity index is 2.34. The summed E-state index contributed by atoms with van der Waals surface area (Å²) in [5.74, 6) is -1.10. The first-order valence-electron chi connectivity index (χ1n) is 26.0. The predicted molar refractivity (Wildman–Crippen MR) is 254 cm³/mol. The number of unbranched alkanes of at least 4 members (excludes halogenated alkanes) is 30. The molecule has 0 aromatic rings. The molecule has 0 heterocycles. The molecular formula is C50H95O13P. The summed E-state index contributed by atoms with van der Waals surface area (Å²) < 4.78 is 33.6. The van der Waals surface area contributed by atoms with Gasteiger partial charge in [-0.25, -0.2) is 4.57 Å². The maximum absolute atomic E-state index is 12.8. The van der Waals surface area contributed by atoms with Gasteiger partial charge in [-0.05, 0) is 38.5 Å². The van der Waals surface area contributed by atoms with Crippen molar-refractivity contribution >= 4 is 19.8 Å². The van der Waals surface area contributed by atoms with E-state index in [-0.39, 0.29) is 12.8 Å². The van der Waals surface area contributed by atoms with Crippen molar-refractivity contribution in [3.8, 4) is 0 Å². The van der Waals surface area contributed by atoms with Crippen LogP contribution in [0.1, 0.15) is 239 Å². The fraction of sp³-hybridized carbons (Fsp3) is 0.920. The molecule has 378 valence electrons. The van der Waals surface area contributed by atoms with Gasteiger partial charge >= 0.3 is 19.8 Å². The van der Waals surface area contributed by atoms with Crippen LogP contribution >= 0.6 is 7.82 Å². The number of hydrogen-bond acceptors (Lipinski definition) is 12. The molecule has 1 aliphatic rings. The molecule has 0 spiro atoms. The zero-order chi connectivity index (χ0) is 47.1. The number of aliphatic hydroxyl groups excluding tert-OH is 5. The smallest absolute Gasteiger partial charge is 0.462 e. The van der Waals surface area contributed by atoms with Crippen molar-refractivity contribution in [2.45, 2.75) is 281 Å². The Bertz CT molecular complexity index is 1170. The number of phosphoric ester groups is 1. The number of rotatable bonds is 44. The van der Waals surface area contributed by atoms with Crippen LogP contribution in [0.15, 0.2) is 12.2 Å². The Hall–Kier alpha value is -1.41. The molecule has 0 amide bonds. The molecule has 1 rings (SSSR count). The second kappa shape index (κ2) is 40.6. The summed E-state index contributed by atoms with van der Waals surface area (Å²) in [7, 11) is -5.12. The van der Waals surface area contributed by atoms with Crippen LogP contribution in [-0.4, -0.2) is 98.3 Å². The SMILES string of the molecule is CCCCC/C=C/CCCCCCCC(=O)OC[C@H](COP(=O)(O)OC1C(O)C(O)C(O)[C@H](O)C1O)OC(=O)CCCCCCCCCCCCCCCCCCCCCCCCC. The minimum atomic E-state index is -5.12. The lowest BCUT2D eigenvalue weighted by atomic mass is 9.85. The number of allylic oxidation sites excluding steroid dienone is 2. The minimum absolute atomic E-state index is 0.101. The largest absolute Gasteiger partial charge is 0.472 e. The van der Waals surface area contributed by atoms with Gasteiger partial charge in [-0.3, -0.25) is 18.6 Å². The topological polar surface area (TPSA) is 210 Å². The summed E-state index contributed by atoms with van der Waals surface area (Å²) in [5.41, 5.74) is 0. The van der Waals surface area contributed by atoms with Crippen LogP contribution in [0.4, 0.5) is 0 Å². The predicted octanol–water partition coefficient (Wildman–Crippen LogP) is 11.0. The third-order valence-corrected chi connectivity index (χ3v) is 13.3. The summed E-state index contributed by atoms with van der Waals surface area (Å²) in [5, 5.41) is 50.2. The van der Waals surface area contributed by atoms with E-state index in [0.717, 1.165) is 57.8 Å². The van der Waals surface area contributed by atoms with E-state index < -0.39 is 75.7 Å². The lowest BCUT2D eigenvalue weighted by Crippen LogP contribution is -2.64. The van der Waals surface area contributed by atoms with Gasteiger partial charge in [0.25, 0.3) is 0 Å². The summed E-state index contributed by atoms with van der Waals surface area (Å²) >= 11 is 0. The summed E-state index contributed by atoms with van der Waals surface area (Å²) in [6.07, 6.45) is 31.3. The molecule has 1 aliphatic carbocycles. The van der Waals surface area contributed by atoms with Crippen LogP contribution < -0.4 is 0 Å². The molecule has 6 unspecified atom stereocenters. The van der Waals surface area contributed by atoms with Crippen molar-refractivity contribution in [3.05, 3.63) is 12.2 Å². The van der Waals surface area contributed by atoms with Crippen LogP contribution in [0, 0.1) is 0 Å². The van der Waals surface area contributed by atoms with Crippen molar-refractivity contribution in [2.24, 2.45) is 0 Å². The number of phosphoric acid groups is 1. The highest BCUT2D eigenvalue weighted by Crippen LogP contribution is 2.47. The third-order valence-electron chi connectivity index (χ3n) is 12.4. The molecule has 64 heavy (non-hydrogen) atoms. The minimum Gasteiger partial charge on any atom is -0.462 e. The van der Waals surface area contributed by atoms with Gasteiger partial charge < -0.3 is 39.9 Å². The van der Waals surface area contributed by atoms with Crippen LogP contribution in [0.3, 0.4) is 0 Å². The van der Waals surface area contributed by atoms with E-state index in [0.29, 0.717) is 12.8 Å². The second-order valence-corrected chi connectivity index (χ2v) is 19.8. The Kier molecular flexibility index (Phi) is 38.5. The van der Waals surface area contributed by atoms with E-state index in [9.17, 15) is 44.6 Å². The first-order chi connectivity index (χ1) is 30.9. The molecule has 0 aliphatic heterocycles. The molecule has 0 radical (unpaired) electrons. The Morgan fingerprint density at radius 3 is 1.22 bits per heavy atom. The van der Waals surface area contributed by atoms with Gasteiger partial charge in [-0.15, -0.1) is 0 Å². The Labute approximate surface area is 388 Å². The van der Waals surface area contributed by atoms with Gasteiger partial charge in [0.15, 0.2) is 6.10 Å². The molecule has 0 aromatic carbocycles. The molecule has 14 heteroatoms. The molecule has 8 atom stereocenters. The van der Waals surface area contributed by atoms with E-state index >= 15 is 0 Å². The first kappa shape index (κ1) is 60.6. The van der Waals surface area contributed by atoms with E-state index in [2.05, 4.69) is 26.0 Å². The van der Waals surface area contributed by atoms with Crippen molar-refractivity contribution in [1.29, 1.82) is 0 Å². The van der Waals surface area contributed by atoms with E-state index in [1.807, 2.05) is 0 Å². The first-order valence-corrected chi connectivity index (χ1v) is 27.5. The standard InChI is InChI=1S/C50H95O13P/c1-3-5-7-9-11-13-15-17-18-19-20-21-22-23-24-25-26-27-29-31-33-35-37-39-44(52)62-42(40-60-43(51)38-36-34-32-30-28-16-14-12-10-8-6-4-2)41-61-64(58,59)63-50-48(56)46(54)45(53)47(55)49(50)57/h12,14,42,45-50,53-57H,3-11,13,15-41H2,1-2H3,(H,58,59)/b14-12+/t42-,45?,46+,47?,48?,49?,50?/m1/s1. The summed E-state index contributed by atoms with van der Waals surface area (Å²) in [4.78, 5) is 35.8. The maximum Gasteiger partial charge on any atom is 0.472 e. The van der Waals surface area contributed by atoms with Gasteiger partial charge in [-0.1, -0.05) is 199 Å². The Morgan fingerprint density at radius 1 is 0.469 bits per heavy atom. The number of ether oxygens (including phenoxy) is 2. The van der Waals surface area contributed by atoms with Gasteiger partial charge in [0.2, 0.25) is 0 Å². The molecule has 1 fully saturated rings. The highest BCUT2D eigenvalue weighted by molar-refractivity contribution is 7.47. The zero-order valence-electron chi connectivity index (χ0n) is 40.3. The average Bonchev–Trinajstić information content (AvgIpc) is 3.28. The monoisotopic (exact) mass is 935 g/mol. The highest BCUT2D eigenvalue weighted by Gasteiger charge is 2.51. The second-order valence-electron chi connectivity index (χ2n) is 18.4. The third kappa shape index (κ3) is 32.3. The molecule has 0 bridgehead atoms. The fourth-order valence-corrected chi connectivity index (χ4v) is 9.14.